The first kappa shape index (κ1) is 20.1. The predicted molar refractivity (Wildman–Crippen MR) is 103 cm³/mol. The number of nitro benzene ring substituents is 1. The lowest BCUT2D eigenvalue weighted by molar-refractivity contribution is -0.387. The highest BCUT2D eigenvalue weighted by Gasteiger charge is 2.33. The number of nitrogens with zero attached hydrogens (tertiary/aromatic N) is 2. The SMILES string of the molecule is CCOC(=O)CN(c1ccc(I)cc1)S(=O)(=O)c1ccccc1[N+](=O)[O-]. The highest BCUT2D eigenvalue weighted by molar-refractivity contribution is 14.1. The van der Waals surface area contributed by atoms with Crippen molar-refractivity contribution < 1.29 is 22.9 Å². The van der Waals surface area contributed by atoms with Gasteiger partial charge in [0.2, 0.25) is 0 Å². The first-order chi connectivity index (χ1) is 12.3. The van der Waals surface area contributed by atoms with E-state index in [1.165, 1.54) is 24.3 Å². The van der Waals surface area contributed by atoms with Crippen molar-refractivity contribution in [1.82, 2.24) is 0 Å². The minimum Gasteiger partial charge on any atom is -0.465 e. The van der Waals surface area contributed by atoms with E-state index < -0.39 is 38.0 Å². The molecule has 10 heteroatoms. The molecule has 0 fully saturated rings. The van der Waals surface area contributed by atoms with Crippen LogP contribution in [0.3, 0.4) is 0 Å². The van der Waals surface area contributed by atoms with Gasteiger partial charge in [-0.25, -0.2) is 8.42 Å². The molecule has 0 bridgehead atoms. The number of carbonyl (C=O) groups excluding carboxylic acids is 1. The van der Waals surface area contributed by atoms with Crippen molar-refractivity contribution in [3.8, 4) is 0 Å². The van der Waals surface area contributed by atoms with Crippen molar-refractivity contribution in [3.05, 3.63) is 62.2 Å². The van der Waals surface area contributed by atoms with Crippen LogP contribution in [0.15, 0.2) is 53.4 Å². The third kappa shape index (κ3) is 4.49. The van der Waals surface area contributed by atoms with Crippen molar-refractivity contribution in [1.29, 1.82) is 0 Å². The highest BCUT2D eigenvalue weighted by atomic mass is 127. The second-order valence-electron chi connectivity index (χ2n) is 5.02. The minimum absolute atomic E-state index is 0.0882. The monoisotopic (exact) mass is 490 g/mol. The molecule has 26 heavy (non-hydrogen) atoms. The molecule has 0 unspecified atom stereocenters. The predicted octanol–water partition coefficient (Wildman–Crippen LogP) is 2.96. The zero-order valence-electron chi connectivity index (χ0n) is 13.7. The maximum atomic E-state index is 13.1. The van der Waals surface area contributed by atoms with Crippen LogP contribution in [0.1, 0.15) is 6.92 Å². The molecule has 138 valence electrons. The average molecular weight is 490 g/mol. The number of hydrogen-bond donors (Lipinski definition) is 0. The fourth-order valence-corrected chi connectivity index (χ4v) is 4.12. The summed E-state index contributed by atoms with van der Waals surface area (Å²) in [7, 11) is -4.37. The summed E-state index contributed by atoms with van der Waals surface area (Å²) in [5.74, 6) is -0.756. The minimum atomic E-state index is -4.37. The Hall–Kier alpha value is -2.21. The van der Waals surface area contributed by atoms with Crippen LogP contribution in [0, 0.1) is 13.7 Å². The molecule has 0 aliphatic carbocycles. The molecule has 8 nitrogen and oxygen atoms in total. The number of para-hydroxylation sites is 1. The average Bonchev–Trinajstić information content (AvgIpc) is 2.60. The van der Waals surface area contributed by atoms with Gasteiger partial charge in [-0.3, -0.25) is 19.2 Å². The number of halogens is 1. The van der Waals surface area contributed by atoms with Crippen molar-refractivity contribution in [2.45, 2.75) is 11.8 Å². The largest absolute Gasteiger partial charge is 0.465 e. The van der Waals surface area contributed by atoms with Gasteiger partial charge in [-0.05, 0) is 59.8 Å². The first-order valence-electron chi connectivity index (χ1n) is 7.44. The van der Waals surface area contributed by atoms with Gasteiger partial charge in [0.05, 0.1) is 17.2 Å². The smallest absolute Gasteiger partial charge is 0.326 e. The molecule has 2 aromatic carbocycles. The fraction of sp³-hybridized carbons (Fsp3) is 0.188. The summed E-state index contributed by atoms with van der Waals surface area (Å²) < 4.78 is 32.7. The van der Waals surface area contributed by atoms with Crippen molar-refractivity contribution in [2.75, 3.05) is 17.5 Å². The summed E-state index contributed by atoms with van der Waals surface area (Å²) in [5, 5.41) is 11.2. The van der Waals surface area contributed by atoms with E-state index in [1.807, 2.05) is 0 Å². The van der Waals surface area contributed by atoms with Gasteiger partial charge in [0.25, 0.3) is 15.7 Å². The first-order valence-corrected chi connectivity index (χ1v) is 9.96. The van der Waals surface area contributed by atoms with Gasteiger partial charge < -0.3 is 4.74 Å². The summed E-state index contributed by atoms with van der Waals surface area (Å²) in [4.78, 5) is 21.9. The number of anilines is 1. The molecule has 0 atom stereocenters. The van der Waals surface area contributed by atoms with E-state index in [9.17, 15) is 23.3 Å². The Balaban J connectivity index is 2.58. The lowest BCUT2D eigenvalue weighted by Crippen LogP contribution is -2.37. The van der Waals surface area contributed by atoms with Crippen molar-refractivity contribution >= 4 is 50.0 Å². The zero-order chi connectivity index (χ0) is 19.3. The molecule has 0 aromatic heterocycles. The van der Waals surface area contributed by atoms with Gasteiger partial charge in [0.1, 0.15) is 6.54 Å². The van der Waals surface area contributed by atoms with Crippen LogP contribution in [0.4, 0.5) is 11.4 Å². The Kier molecular flexibility index (Phi) is 6.53. The van der Waals surface area contributed by atoms with Gasteiger partial charge >= 0.3 is 5.97 Å². The number of esters is 1. The molecule has 0 radical (unpaired) electrons. The van der Waals surface area contributed by atoms with Crippen molar-refractivity contribution in [2.24, 2.45) is 0 Å². The molecule has 0 spiro atoms. The number of ether oxygens (including phenoxy) is 1. The molecule has 0 saturated heterocycles. The Morgan fingerprint density at radius 1 is 1.19 bits per heavy atom. The number of benzene rings is 2. The van der Waals surface area contributed by atoms with Crippen LogP contribution >= 0.6 is 22.6 Å². The molecule has 2 rings (SSSR count). The number of rotatable bonds is 7. The van der Waals surface area contributed by atoms with E-state index in [2.05, 4.69) is 22.6 Å². The van der Waals surface area contributed by atoms with E-state index >= 15 is 0 Å². The molecule has 0 heterocycles. The summed E-state index contributed by atoms with van der Waals surface area (Å²) in [6.07, 6.45) is 0. The molecule has 0 aliphatic rings. The molecule has 0 amide bonds. The van der Waals surface area contributed by atoms with Gasteiger partial charge in [0, 0.05) is 9.64 Å². The summed E-state index contributed by atoms with van der Waals surface area (Å²) in [5.41, 5.74) is -0.358. The maximum absolute atomic E-state index is 13.1. The van der Waals surface area contributed by atoms with Crippen LogP contribution in [0.2, 0.25) is 0 Å². The van der Waals surface area contributed by atoms with E-state index in [4.69, 9.17) is 4.74 Å². The van der Waals surface area contributed by atoms with E-state index in [1.54, 1.807) is 19.1 Å². The third-order valence-electron chi connectivity index (χ3n) is 3.32. The Labute approximate surface area is 164 Å². The van der Waals surface area contributed by atoms with E-state index in [-0.39, 0.29) is 12.3 Å². The Bertz CT molecular complexity index is 915. The number of carbonyl (C=O) groups is 1. The van der Waals surface area contributed by atoms with Crippen LogP contribution in [-0.2, 0) is 19.6 Å². The van der Waals surface area contributed by atoms with Gasteiger partial charge in [-0.2, -0.15) is 0 Å². The zero-order valence-corrected chi connectivity index (χ0v) is 16.6. The van der Waals surface area contributed by atoms with Gasteiger partial charge in [0.15, 0.2) is 4.90 Å². The van der Waals surface area contributed by atoms with Crippen LogP contribution in [0.25, 0.3) is 0 Å². The van der Waals surface area contributed by atoms with Gasteiger partial charge in [-0.15, -0.1) is 0 Å². The molecule has 0 aliphatic heterocycles. The Morgan fingerprint density at radius 3 is 2.38 bits per heavy atom. The molecule has 0 N–H and O–H groups in total. The lowest BCUT2D eigenvalue weighted by Gasteiger charge is -2.23. The molecular formula is C16H15IN2O6S. The summed E-state index contributed by atoms with van der Waals surface area (Å²) in [6, 6.07) is 11.4. The second-order valence-corrected chi connectivity index (χ2v) is 8.09. The molecular weight excluding hydrogens is 475 g/mol. The molecule has 0 saturated carbocycles. The second kappa shape index (κ2) is 8.45. The standard InChI is InChI=1S/C16H15IN2O6S/c1-2-25-16(20)11-18(13-9-7-12(17)8-10-13)26(23,24)15-6-4-3-5-14(15)19(21)22/h3-10H,2,11H2,1H3. The van der Waals surface area contributed by atoms with Crippen LogP contribution < -0.4 is 4.31 Å². The number of hydrogen-bond acceptors (Lipinski definition) is 6. The van der Waals surface area contributed by atoms with Crippen molar-refractivity contribution in [3.63, 3.8) is 0 Å². The van der Waals surface area contributed by atoms with E-state index in [0.29, 0.717) is 0 Å². The maximum Gasteiger partial charge on any atom is 0.326 e. The van der Waals surface area contributed by atoms with Crippen LogP contribution in [-0.4, -0.2) is 32.5 Å². The van der Waals surface area contributed by atoms with E-state index in [0.717, 1.165) is 20.0 Å². The summed E-state index contributed by atoms with van der Waals surface area (Å²) in [6.45, 7) is 1.09. The molecule has 2 aromatic rings. The topological polar surface area (TPSA) is 107 Å². The third-order valence-corrected chi connectivity index (χ3v) is 5.86. The Morgan fingerprint density at radius 2 is 1.81 bits per heavy atom. The van der Waals surface area contributed by atoms with Crippen LogP contribution in [0.5, 0.6) is 0 Å². The quantitative estimate of drug-likeness (QED) is 0.256. The number of sulfonamides is 1. The number of nitro groups is 1. The summed E-state index contributed by atoms with van der Waals surface area (Å²) >= 11 is 2.06. The normalized spacial score (nSPS) is 11.0. The van der Waals surface area contributed by atoms with Gasteiger partial charge in [-0.1, -0.05) is 12.1 Å². The fourth-order valence-electron chi connectivity index (χ4n) is 2.19. The lowest BCUT2D eigenvalue weighted by atomic mass is 10.3. The highest BCUT2D eigenvalue weighted by Crippen LogP contribution is 2.30.